The van der Waals surface area contributed by atoms with Crippen LogP contribution >= 0.6 is 0 Å². The van der Waals surface area contributed by atoms with Gasteiger partial charge in [-0.15, -0.1) is 0 Å². The number of anilines is 1. The van der Waals surface area contributed by atoms with E-state index in [0.29, 0.717) is 11.3 Å². The molecule has 3 aromatic rings. The van der Waals surface area contributed by atoms with Crippen molar-refractivity contribution < 1.29 is 14.3 Å². The highest BCUT2D eigenvalue weighted by Gasteiger charge is 2.12. The van der Waals surface area contributed by atoms with Gasteiger partial charge in [0.2, 0.25) is 5.91 Å². The third kappa shape index (κ3) is 3.79. The molecule has 0 atom stereocenters. The number of fused-ring (bicyclic) bond motifs is 1. The number of nitrogens with one attached hydrogen (secondary N) is 2. The average molecular weight is 367 g/mol. The second-order valence-corrected chi connectivity index (χ2v) is 5.95. The third-order valence-electron chi connectivity index (χ3n) is 3.99. The van der Waals surface area contributed by atoms with Crippen LogP contribution in [0.2, 0.25) is 0 Å². The maximum absolute atomic E-state index is 12.7. The van der Waals surface area contributed by atoms with Gasteiger partial charge in [0, 0.05) is 12.6 Å². The van der Waals surface area contributed by atoms with Gasteiger partial charge in [-0.05, 0) is 35.9 Å². The molecule has 0 spiro atoms. The summed E-state index contributed by atoms with van der Waals surface area (Å²) in [5.74, 6) is -0.772. The molecule has 0 radical (unpaired) electrons. The number of H-pyrrole nitrogens is 1. The summed E-state index contributed by atoms with van der Waals surface area (Å²) >= 11 is 0. The van der Waals surface area contributed by atoms with Crippen molar-refractivity contribution in [1.29, 1.82) is 0 Å². The van der Waals surface area contributed by atoms with Crippen molar-refractivity contribution in [2.75, 3.05) is 12.4 Å². The van der Waals surface area contributed by atoms with E-state index in [1.807, 2.05) is 0 Å². The number of nitrogens with zero attached hydrogens (tertiary/aromatic N) is 1. The Bertz CT molecular complexity index is 1160. The number of aromatic amines is 1. The van der Waals surface area contributed by atoms with Crippen molar-refractivity contribution in [3.63, 3.8) is 0 Å². The zero-order valence-corrected chi connectivity index (χ0v) is 14.7. The predicted molar refractivity (Wildman–Crippen MR) is 100 cm³/mol. The molecular weight excluding hydrogens is 350 g/mol. The lowest BCUT2D eigenvalue weighted by atomic mass is 10.1. The van der Waals surface area contributed by atoms with E-state index in [0.717, 1.165) is 4.57 Å². The molecule has 138 valence electrons. The summed E-state index contributed by atoms with van der Waals surface area (Å²) in [4.78, 5) is 50.5. The van der Waals surface area contributed by atoms with Gasteiger partial charge >= 0.3 is 11.7 Å². The molecule has 8 heteroatoms. The normalized spacial score (nSPS) is 10.6. The fourth-order valence-corrected chi connectivity index (χ4v) is 2.78. The van der Waals surface area contributed by atoms with Gasteiger partial charge in [0.1, 0.15) is 0 Å². The Hall–Kier alpha value is -3.68. The van der Waals surface area contributed by atoms with E-state index < -0.39 is 17.2 Å². The van der Waals surface area contributed by atoms with E-state index in [1.165, 1.54) is 32.2 Å². The number of benzene rings is 2. The Morgan fingerprint density at radius 1 is 1.15 bits per heavy atom. The molecule has 1 heterocycles. The molecule has 3 rings (SSSR count). The van der Waals surface area contributed by atoms with Crippen molar-refractivity contribution in [1.82, 2.24) is 9.55 Å². The summed E-state index contributed by atoms with van der Waals surface area (Å²) in [6.07, 6.45) is 0. The molecule has 0 fully saturated rings. The minimum Gasteiger partial charge on any atom is -0.465 e. The number of hydrogen-bond donors (Lipinski definition) is 2. The zero-order chi connectivity index (χ0) is 19.6. The number of esters is 1. The zero-order valence-electron chi connectivity index (χ0n) is 14.7. The summed E-state index contributed by atoms with van der Waals surface area (Å²) in [6.45, 7) is 1.43. The Balaban J connectivity index is 2.03. The van der Waals surface area contributed by atoms with Gasteiger partial charge in [0.25, 0.3) is 5.56 Å². The van der Waals surface area contributed by atoms with Crippen LogP contribution in [0.4, 0.5) is 5.69 Å². The first-order valence-corrected chi connectivity index (χ1v) is 8.11. The minimum absolute atomic E-state index is 0.0380. The number of methoxy groups -OCH3 is 1. The Morgan fingerprint density at radius 2 is 1.93 bits per heavy atom. The minimum atomic E-state index is -0.598. The molecule has 27 heavy (non-hydrogen) atoms. The molecule has 1 aromatic heterocycles. The van der Waals surface area contributed by atoms with Crippen molar-refractivity contribution in [3.8, 4) is 0 Å². The van der Waals surface area contributed by atoms with Crippen LogP contribution in [0, 0.1) is 0 Å². The van der Waals surface area contributed by atoms with Crippen LogP contribution in [0.15, 0.2) is 52.1 Å². The molecule has 1 amide bonds. The molecule has 0 aliphatic heterocycles. The van der Waals surface area contributed by atoms with E-state index in [1.54, 1.807) is 24.3 Å². The van der Waals surface area contributed by atoms with E-state index in [-0.39, 0.29) is 28.9 Å². The molecule has 0 aliphatic rings. The van der Waals surface area contributed by atoms with Crippen LogP contribution in [0.25, 0.3) is 10.9 Å². The molecular formula is C19H17N3O5. The van der Waals surface area contributed by atoms with Crippen molar-refractivity contribution in [2.24, 2.45) is 0 Å². The highest BCUT2D eigenvalue weighted by atomic mass is 16.5. The van der Waals surface area contributed by atoms with Crippen LogP contribution in [-0.2, 0) is 16.1 Å². The summed E-state index contributed by atoms with van der Waals surface area (Å²) in [5, 5.41) is 2.93. The van der Waals surface area contributed by atoms with E-state index in [2.05, 4.69) is 15.0 Å². The van der Waals surface area contributed by atoms with Gasteiger partial charge in [0.05, 0.1) is 30.1 Å². The van der Waals surface area contributed by atoms with Crippen LogP contribution < -0.4 is 16.6 Å². The summed E-state index contributed by atoms with van der Waals surface area (Å²) in [7, 11) is 1.25. The standard InChI is InChI=1S/C19H17N3O5/c1-11(23)20-14-5-3-4-12(8-14)10-22-17(24)15-7-6-13(18(25)27-2)9-16(15)21-19(22)26/h3-9H,10H2,1-2H3,(H,20,23)(H,21,26). The number of ether oxygens (including phenoxy) is 1. The fourth-order valence-electron chi connectivity index (χ4n) is 2.78. The number of carbonyl (C=O) groups is 2. The van der Waals surface area contributed by atoms with Crippen LogP contribution in [-0.4, -0.2) is 28.5 Å². The van der Waals surface area contributed by atoms with Gasteiger partial charge in [-0.3, -0.25) is 14.2 Å². The quantitative estimate of drug-likeness (QED) is 0.679. The number of hydrogen-bond acceptors (Lipinski definition) is 5. The lowest BCUT2D eigenvalue weighted by Gasteiger charge is -2.09. The summed E-state index contributed by atoms with van der Waals surface area (Å²) in [6, 6.07) is 11.2. The van der Waals surface area contributed by atoms with Gasteiger partial charge in [-0.25, -0.2) is 9.59 Å². The Morgan fingerprint density at radius 3 is 2.63 bits per heavy atom. The smallest absolute Gasteiger partial charge is 0.337 e. The van der Waals surface area contributed by atoms with Gasteiger partial charge in [-0.2, -0.15) is 0 Å². The van der Waals surface area contributed by atoms with Crippen LogP contribution in [0.3, 0.4) is 0 Å². The highest BCUT2D eigenvalue weighted by Crippen LogP contribution is 2.13. The molecule has 0 saturated carbocycles. The maximum atomic E-state index is 12.7. The lowest BCUT2D eigenvalue weighted by Crippen LogP contribution is -2.35. The monoisotopic (exact) mass is 367 g/mol. The van der Waals surface area contributed by atoms with E-state index in [4.69, 9.17) is 0 Å². The van der Waals surface area contributed by atoms with Gasteiger partial charge in [-0.1, -0.05) is 12.1 Å². The van der Waals surface area contributed by atoms with E-state index >= 15 is 0 Å². The lowest BCUT2D eigenvalue weighted by molar-refractivity contribution is -0.114. The number of rotatable bonds is 4. The molecule has 8 nitrogen and oxygen atoms in total. The van der Waals surface area contributed by atoms with Crippen molar-refractivity contribution in [2.45, 2.75) is 13.5 Å². The Labute approximate surface area is 153 Å². The molecule has 2 aromatic carbocycles. The van der Waals surface area contributed by atoms with E-state index in [9.17, 15) is 19.2 Å². The number of carbonyl (C=O) groups excluding carboxylic acids is 2. The number of amides is 1. The highest BCUT2D eigenvalue weighted by molar-refractivity contribution is 5.94. The molecule has 0 aliphatic carbocycles. The second kappa shape index (κ2) is 7.28. The van der Waals surface area contributed by atoms with Crippen LogP contribution in [0.5, 0.6) is 0 Å². The fraction of sp³-hybridized carbons (Fsp3) is 0.158. The first-order chi connectivity index (χ1) is 12.9. The van der Waals surface area contributed by atoms with Gasteiger partial charge in [0.15, 0.2) is 0 Å². The van der Waals surface area contributed by atoms with Crippen molar-refractivity contribution in [3.05, 3.63) is 74.4 Å². The predicted octanol–water partition coefficient (Wildman–Crippen LogP) is 1.48. The first kappa shape index (κ1) is 18.1. The Kier molecular flexibility index (Phi) is 4.89. The van der Waals surface area contributed by atoms with Gasteiger partial charge < -0.3 is 15.0 Å². The number of aromatic nitrogens is 2. The molecule has 2 N–H and O–H groups in total. The third-order valence-corrected chi connectivity index (χ3v) is 3.99. The average Bonchev–Trinajstić information content (AvgIpc) is 2.63. The summed E-state index contributed by atoms with van der Waals surface area (Å²) in [5.41, 5.74) is 0.680. The maximum Gasteiger partial charge on any atom is 0.337 e. The summed E-state index contributed by atoms with van der Waals surface area (Å²) < 4.78 is 5.71. The van der Waals surface area contributed by atoms with Crippen molar-refractivity contribution >= 4 is 28.5 Å². The molecule has 0 unspecified atom stereocenters. The largest absolute Gasteiger partial charge is 0.465 e. The second-order valence-electron chi connectivity index (χ2n) is 5.95. The first-order valence-electron chi connectivity index (χ1n) is 8.11. The molecule has 0 bridgehead atoms. The topological polar surface area (TPSA) is 110 Å². The SMILES string of the molecule is COC(=O)c1ccc2c(=O)n(Cc3cccc(NC(C)=O)c3)c(=O)[nH]c2c1. The molecule has 0 saturated heterocycles. The van der Waals surface area contributed by atoms with Crippen LogP contribution in [0.1, 0.15) is 22.8 Å².